The third-order valence-corrected chi connectivity index (χ3v) is 4.85. The number of fused-ring (bicyclic) bond motifs is 1. The Morgan fingerprint density at radius 3 is 2.76 bits per heavy atom. The van der Waals surface area contributed by atoms with Gasteiger partial charge in [0.1, 0.15) is 18.7 Å². The van der Waals surface area contributed by atoms with E-state index < -0.39 is 0 Å². The van der Waals surface area contributed by atoms with Gasteiger partial charge in [-0.05, 0) is 35.3 Å². The summed E-state index contributed by atoms with van der Waals surface area (Å²) < 4.78 is 1.60. The molecule has 4 rings (SSSR count). The first kappa shape index (κ1) is 15.6. The fourth-order valence-corrected chi connectivity index (χ4v) is 3.41. The van der Waals surface area contributed by atoms with Crippen molar-refractivity contribution in [3.05, 3.63) is 66.8 Å². The summed E-state index contributed by atoms with van der Waals surface area (Å²) >= 11 is 0. The molecular formula is C20H20N4O. The minimum atomic E-state index is -0.324. The molecule has 0 fully saturated rings. The predicted octanol–water partition coefficient (Wildman–Crippen LogP) is 3.31. The molecule has 2 aromatic carbocycles. The van der Waals surface area contributed by atoms with Crippen molar-refractivity contribution in [2.24, 2.45) is 0 Å². The lowest BCUT2D eigenvalue weighted by Crippen LogP contribution is -2.39. The number of rotatable bonds is 3. The van der Waals surface area contributed by atoms with Gasteiger partial charge in [0.2, 0.25) is 5.91 Å². The Kier molecular flexibility index (Phi) is 4.06. The van der Waals surface area contributed by atoms with E-state index in [0.717, 1.165) is 13.0 Å². The van der Waals surface area contributed by atoms with Gasteiger partial charge in [0, 0.05) is 13.1 Å². The molecule has 0 saturated heterocycles. The Hall–Kier alpha value is -2.95. The molecule has 2 heterocycles. The molecule has 0 aliphatic carbocycles. The maximum Gasteiger partial charge on any atom is 0.247 e. The molecule has 5 heteroatoms. The van der Waals surface area contributed by atoms with Crippen molar-refractivity contribution >= 4 is 22.3 Å². The van der Waals surface area contributed by atoms with Gasteiger partial charge in [0.25, 0.3) is 0 Å². The van der Waals surface area contributed by atoms with E-state index in [9.17, 15) is 4.79 Å². The quantitative estimate of drug-likeness (QED) is 0.739. The lowest BCUT2D eigenvalue weighted by Gasteiger charge is -2.29. The molecule has 0 N–H and O–H groups in total. The summed E-state index contributed by atoms with van der Waals surface area (Å²) in [6.45, 7) is 3.23. The van der Waals surface area contributed by atoms with E-state index in [2.05, 4.69) is 58.6 Å². The summed E-state index contributed by atoms with van der Waals surface area (Å²) in [4.78, 5) is 18.5. The van der Waals surface area contributed by atoms with Crippen LogP contribution >= 0.6 is 0 Å². The number of carbonyl (C=O) groups is 1. The van der Waals surface area contributed by atoms with Gasteiger partial charge in [0.05, 0.1) is 0 Å². The largest absolute Gasteiger partial charge is 0.337 e. The van der Waals surface area contributed by atoms with E-state index in [1.54, 1.807) is 11.0 Å². The van der Waals surface area contributed by atoms with Crippen LogP contribution in [0.3, 0.4) is 0 Å². The monoisotopic (exact) mass is 332 g/mol. The molecule has 1 aliphatic rings. The third kappa shape index (κ3) is 2.93. The van der Waals surface area contributed by atoms with Crippen LogP contribution in [0.15, 0.2) is 61.2 Å². The van der Waals surface area contributed by atoms with Gasteiger partial charge in [-0.25, -0.2) is 9.67 Å². The smallest absolute Gasteiger partial charge is 0.247 e. The molecule has 0 spiro atoms. The summed E-state index contributed by atoms with van der Waals surface area (Å²) in [5.41, 5.74) is 2.59. The van der Waals surface area contributed by atoms with Gasteiger partial charge in [-0.1, -0.05) is 48.5 Å². The minimum Gasteiger partial charge on any atom is -0.337 e. The Morgan fingerprint density at radius 1 is 1.16 bits per heavy atom. The number of benzene rings is 2. The Bertz CT molecular complexity index is 925. The molecule has 0 bridgehead atoms. The van der Waals surface area contributed by atoms with Crippen LogP contribution in [0.4, 0.5) is 0 Å². The highest BCUT2D eigenvalue weighted by molar-refractivity contribution is 5.94. The van der Waals surface area contributed by atoms with E-state index in [-0.39, 0.29) is 11.9 Å². The van der Waals surface area contributed by atoms with Crippen LogP contribution in [-0.4, -0.2) is 38.7 Å². The molecule has 1 aromatic heterocycles. The number of hydrogen-bond donors (Lipinski definition) is 0. The van der Waals surface area contributed by atoms with Gasteiger partial charge in [-0.15, -0.1) is 0 Å². The number of amides is 1. The second-order valence-electron chi connectivity index (χ2n) is 6.34. The van der Waals surface area contributed by atoms with Crippen molar-refractivity contribution in [3.8, 4) is 0 Å². The second kappa shape index (κ2) is 6.51. The molecular weight excluding hydrogens is 312 g/mol. The van der Waals surface area contributed by atoms with Crippen molar-refractivity contribution in [1.82, 2.24) is 19.7 Å². The molecule has 1 atom stereocenters. The van der Waals surface area contributed by atoms with Crippen LogP contribution in [0, 0.1) is 0 Å². The van der Waals surface area contributed by atoms with E-state index >= 15 is 0 Å². The second-order valence-corrected chi connectivity index (χ2v) is 6.34. The zero-order valence-corrected chi connectivity index (χ0v) is 14.2. The summed E-state index contributed by atoms with van der Waals surface area (Å²) in [5, 5.41) is 6.59. The molecule has 126 valence electrons. The summed E-state index contributed by atoms with van der Waals surface area (Å²) in [7, 11) is 0. The zero-order valence-electron chi connectivity index (χ0n) is 14.2. The standard InChI is InChI=1S/C20H20N4O/c1-15(24-14-21-13-22-24)20(25)23-11-9-17(10-12-23)19-8-4-6-16-5-2-3-7-18(16)19/h2-9,13-15H,10-12H2,1H3/t15-/m1/s1. The highest BCUT2D eigenvalue weighted by atomic mass is 16.2. The molecule has 25 heavy (non-hydrogen) atoms. The van der Waals surface area contributed by atoms with Crippen LogP contribution in [0.25, 0.3) is 16.3 Å². The van der Waals surface area contributed by atoms with E-state index in [1.807, 2.05) is 11.8 Å². The fraction of sp³-hybridized carbons (Fsp3) is 0.250. The number of nitrogens with zero attached hydrogens (tertiary/aromatic N) is 4. The molecule has 3 aromatic rings. The Labute approximate surface area is 146 Å². The van der Waals surface area contributed by atoms with Crippen molar-refractivity contribution in [2.45, 2.75) is 19.4 Å². The van der Waals surface area contributed by atoms with E-state index in [4.69, 9.17) is 0 Å². The third-order valence-electron chi connectivity index (χ3n) is 4.85. The fourth-order valence-electron chi connectivity index (χ4n) is 3.41. The molecule has 0 unspecified atom stereocenters. The number of aromatic nitrogens is 3. The maximum absolute atomic E-state index is 12.7. The maximum atomic E-state index is 12.7. The Balaban J connectivity index is 1.55. The van der Waals surface area contributed by atoms with Crippen LogP contribution in [0.1, 0.15) is 24.9 Å². The summed E-state index contributed by atoms with van der Waals surface area (Å²) in [6, 6.07) is 14.5. The average molecular weight is 332 g/mol. The summed E-state index contributed by atoms with van der Waals surface area (Å²) in [5.74, 6) is 0.0821. The van der Waals surface area contributed by atoms with Gasteiger partial charge in [-0.3, -0.25) is 4.79 Å². The zero-order chi connectivity index (χ0) is 17.2. The van der Waals surface area contributed by atoms with Crippen molar-refractivity contribution < 1.29 is 4.79 Å². The first-order chi connectivity index (χ1) is 12.2. The molecule has 5 nitrogen and oxygen atoms in total. The predicted molar refractivity (Wildman–Crippen MR) is 97.9 cm³/mol. The first-order valence-electron chi connectivity index (χ1n) is 8.54. The highest BCUT2D eigenvalue weighted by Crippen LogP contribution is 2.29. The average Bonchev–Trinajstić information content (AvgIpc) is 3.21. The van der Waals surface area contributed by atoms with Gasteiger partial charge in [-0.2, -0.15) is 5.10 Å². The van der Waals surface area contributed by atoms with Gasteiger partial charge in [0.15, 0.2) is 0 Å². The van der Waals surface area contributed by atoms with Crippen molar-refractivity contribution in [1.29, 1.82) is 0 Å². The highest BCUT2D eigenvalue weighted by Gasteiger charge is 2.24. The SMILES string of the molecule is C[C@H](C(=O)N1CC=C(c2cccc3ccccc23)CC1)n1cncn1. The number of carbonyl (C=O) groups excluding carboxylic acids is 1. The van der Waals surface area contributed by atoms with Crippen molar-refractivity contribution in [2.75, 3.05) is 13.1 Å². The first-order valence-corrected chi connectivity index (χ1v) is 8.54. The van der Waals surface area contributed by atoms with E-state index in [1.165, 1.54) is 28.2 Å². The lowest BCUT2D eigenvalue weighted by molar-refractivity contribution is -0.134. The minimum absolute atomic E-state index is 0.0821. The van der Waals surface area contributed by atoms with Crippen LogP contribution in [0.5, 0.6) is 0 Å². The van der Waals surface area contributed by atoms with Crippen LogP contribution in [0.2, 0.25) is 0 Å². The molecule has 1 amide bonds. The molecule has 1 aliphatic heterocycles. The molecule has 0 saturated carbocycles. The van der Waals surface area contributed by atoms with Crippen molar-refractivity contribution in [3.63, 3.8) is 0 Å². The van der Waals surface area contributed by atoms with Crippen LogP contribution in [-0.2, 0) is 4.79 Å². The Morgan fingerprint density at radius 2 is 2.00 bits per heavy atom. The van der Waals surface area contributed by atoms with Crippen LogP contribution < -0.4 is 0 Å². The van der Waals surface area contributed by atoms with E-state index in [0.29, 0.717) is 6.54 Å². The molecule has 0 radical (unpaired) electrons. The summed E-state index contributed by atoms with van der Waals surface area (Å²) in [6.07, 6.45) is 6.09. The normalized spacial score (nSPS) is 15.9. The van der Waals surface area contributed by atoms with Gasteiger partial charge < -0.3 is 4.90 Å². The lowest BCUT2D eigenvalue weighted by atomic mass is 9.94. The van der Waals surface area contributed by atoms with Gasteiger partial charge >= 0.3 is 0 Å². The number of hydrogen-bond acceptors (Lipinski definition) is 3. The topological polar surface area (TPSA) is 51.0 Å².